The number of para-hydroxylation sites is 1. The Balaban J connectivity index is 1.64. The zero-order valence-electron chi connectivity index (χ0n) is 17.5. The molecule has 2 heterocycles. The Hall–Kier alpha value is -3.24. The lowest BCUT2D eigenvalue weighted by molar-refractivity contribution is -0.127. The van der Waals surface area contributed by atoms with Gasteiger partial charge in [0.05, 0.1) is 28.9 Å². The maximum absolute atomic E-state index is 13.3. The number of nitrogens with zero attached hydrogens (tertiary/aromatic N) is 3. The predicted octanol–water partition coefficient (Wildman–Crippen LogP) is 4.80. The second-order valence-corrected chi connectivity index (χ2v) is 9.02. The molecule has 0 fully saturated rings. The van der Waals surface area contributed by atoms with Crippen LogP contribution in [0.2, 0.25) is 0 Å². The number of amides is 1. The number of aromatic nitrogens is 2. The van der Waals surface area contributed by atoms with E-state index in [0.717, 1.165) is 16.6 Å². The molecule has 0 saturated carbocycles. The van der Waals surface area contributed by atoms with Crippen LogP contribution in [0.5, 0.6) is 5.75 Å². The van der Waals surface area contributed by atoms with Gasteiger partial charge >= 0.3 is 6.61 Å². The standard InChI is InChI=1S/C23H19F2N3O3S2/c1-27(13-17-5-4-12-32-17)20(29)14-33-23-26-19-7-3-2-6-18(19)21(30)28(23)15-8-10-16(11-9-15)31-22(24)25/h2-12,22H,13-14H2,1H3. The molecular formula is C23H19F2N3O3S2. The normalized spacial score (nSPS) is 11.2. The lowest BCUT2D eigenvalue weighted by atomic mass is 10.2. The average Bonchev–Trinajstić information content (AvgIpc) is 3.31. The minimum absolute atomic E-state index is 0.0184. The van der Waals surface area contributed by atoms with Crippen molar-refractivity contribution >= 4 is 39.9 Å². The number of hydrogen-bond donors (Lipinski definition) is 0. The van der Waals surface area contributed by atoms with Gasteiger partial charge in [0, 0.05) is 11.9 Å². The Morgan fingerprint density at radius 3 is 2.61 bits per heavy atom. The molecular weight excluding hydrogens is 468 g/mol. The molecule has 10 heteroatoms. The molecule has 170 valence electrons. The van der Waals surface area contributed by atoms with Crippen molar-refractivity contribution in [2.24, 2.45) is 0 Å². The summed E-state index contributed by atoms with van der Waals surface area (Å²) in [5, 5.41) is 2.70. The van der Waals surface area contributed by atoms with Crippen LogP contribution in [0.4, 0.5) is 8.78 Å². The van der Waals surface area contributed by atoms with E-state index >= 15 is 0 Å². The van der Waals surface area contributed by atoms with Crippen LogP contribution in [0, 0.1) is 0 Å². The zero-order chi connectivity index (χ0) is 23.4. The van der Waals surface area contributed by atoms with E-state index < -0.39 is 6.61 Å². The third-order valence-electron chi connectivity index (χ3n) is 4.79. The van der Waals surface area contributed by atoms with Gasteiger partial charge in [0.1, 0.15) is 5.75 Å². The first-order valence-electron chi connectivity index (χ1n) is 9.88. The molecule has 0 spiro atoms. The molecule has 4 rings (SSSR count). The largest absolute Gasteiger partial charge is 0.435 e. The fourth-order valence-corrected chi connectivity index (χ4v) is 4.88. The Bertz CT molecular complexity index is 1310. The van der Waals surface area contributed by atoms with Gasteiger partial charge in [-0.3, -0.25) is 14.2 Å². The zero-order valence-corrected chi connectivity index (χ0v) is 19.1. The lowest BCUT2D eigenvalue weighted by Crippen LogP contribution is -2.28. The number of alkyl halides is 2. The molecule has 0 atom stereocenters. The van der Waals surface area contributed by atoms with E-state index in [9.17, 15) is 18.4 Å². The van der Waals surface area contributed by atoms with Gasteiger partial charge in [-0.25, -0.2) is 4.98 Å². The van der Waals surface area contributed by atoms with Crippen molar-refractivity contribution in [1.82, 2.24) is 14.5 Å². The monoisotopic (exact) mass is 487 g/mol. The number of carbonyl (C=O) groups excluding carboxylic acids is 1. The first-order chi connectivity index (χ1) is 15.9. The highest BCUT2D eigenvalue weighted by Gasteiger charge is 2.17. The fraction of sp³-hybridized carbons (Fsp3) is 0.174. The third kappa shape index (κ3) is 5.40. The molecule has 0 saturated heterocycles. The Kier molecular flexibility index (Phi) is 7.05. The van der Waals surface area contributed by atoms with Crippen LogP contribution >= 0.6 is 23.1 Å². The summed E-state index contributed by atoms with van der Waals surface area (Å²) in [5.41, 5.74) is 0.630. The topological polar surface area (TPSA) is 64.4 Å². The summed E-state index contributed by atoms with van der Waals surface area (Å²) in [5.74, 6) is -0.0441. The number of hydrogen-bond acceptors (Lipinski definition) is 6. The van der Waals surface area contributed by atoms with E-state index in [4.69, 9.17) is 0 Å². The van der Waals surface area contributed by atoms with Crippen molar-refractivity contribution in [3.63, 3.8) is 0 Å². The summed E-state index contributed by atoms with van der Waals surface area (Å²) in [6.07, 6.45) is 0. The van der Waals surface area contributed by atoms with Gasteiger partial charge in [-0.05, 0) is 47.8 Å². The highest BCUT2D eigenvalue weighted by molar-refractivity contribution is 7.99. The fourth-order valence-electron chi connectivity index (χ4n) is 3.17. The molecule has 0 bridgehead atoms. The molecule has 0 aliphatic heterocycles. The van der Waals surface area contributed by atoms with Crippen molar-refractivity contribution in [2.45, 2.75) is 18.3 Å². The first kappa shape index (κ1) is 22.9. The molecule has 0 radical (unpaired) electrons. The number of ether oxygens (including phenoxy) is 1. The van der Waals surface area contributed by atoms with Crippen LogP contribution in [-0.4, -0.2) is 39.8 Å². The van der Waals surface area contributed by atoms with Gasteiger partial charge in [-0.2, -0.15) is 8.78 Å². The molecule has 4 aromatic rings. The second-order valence-electron chi connectivity index (χ2n) is 7.04. The molecule has 0 unspecified atom stereocenters. The summed E-state index contributed by atoms with van der Waals surface area (Å²) in [6, 6.07) is 16.5. The number of thioether (sulfide) groups is 1. The third-order valence-corrected chi connectivity index (χ3v) is 6.57. The molecule has 6 nitrogen and oxygen atoms in total. The van der Waals surface area contributed by atoms with E-state index in [1.54, 1.807) is 47.5 Å². The average molecular weight is 488 g/mol. The number of benzene rings is 2. The summed E-state index contributed by atoms with van der Waals surface area (Å²) in [7, 11) is 1.73. The first-order valence-corrected chi connectivity index (χ1v) is 11.7. The molecule has 1 amide bonds. The Morgan fingerprint density at radius 2 is 1.91 bits per heavy atom. The van der Waals surface area contributed by atoms with Gasteiger partial charge in [-0.15, -0.1) is 11.3 Å². The van der Waals surface area contributed by atoms with Crippen molar-refractivity contribution in [1.29, 1.82) is 0 Å². The summed E-state index contributed by atoms with van der Waals surface area (Å²) >= 11 is 2.72. The van der Waals surface area contributed by atoms with Gasteiger partial charge in [0.15, 0.2) is 5.16 Å². The molecule has 2 aromatic heterocycles. The number of fused-ring (bicyclic) bond motifs is 1. The maximum atomic E-state index is 13.3. The highest BCUT2D eigenvalue weighted by atomic mass is 32.2. The highest BCUT2D eigenvalue weighted by Crippen LogP contribution is 2.24. The van der Waals surface area contributed by atoms with Crippen LogP contribution in [-0.2, 0) is 11.3 Å². The van der Waals surface area contributed by atoms with Crippen LogP contribution in [0.25, 0.3) is 16.6 Å². The van der Waals surface area contributed by atoms with E-state index in [1.807, 2.05) is 17.5 Å². The van der Waals surface area contributed by atoms with Gasteiger partial charge in [-0.1, -0.05) is 30.0 Å². The van der Waals surface area contributed by atoms with Gasteiger partial charge < -0.3 is 9.64 Å². The number of rotatable bonds is 8. The van der Waals surface area contributed by atoms with Crippen LogP contribution < -0.4 is 10.3 Å². The van der Waals surface area contributed by atoms with Crippen LogP contribution in [0.1, 0.15) is 4.88 Å². The van der Waals surface area contributed by atoms with E-state index in [2.05, 4.69) is 9.72 Å². The predicted molar refractivity (Wildman–Crippen MR) is 125 cm³/mol. The number of halogens is 2. The Labute approximate surface area is 196 Å². The van der Waals surface area contributed by atoms with Crippen molar-refractivity contribution in [3.05, 3.63) is 81.3 Å². The number of carbonyl (C=O) groups is 1. The Morgan fingerprint density at radius 1 is 1.15 bits per heavy atom. The molecule has 0 N–H and O–H groups in total. The molecule has 0 aliphatic carbocycles. The number of thiophene rings is 1. The quantitative estimate of drug-likeness (QED) is 0.264. The van der Waals surface area contributed by atoms with Crippen molar-refractivity contribution in [2.75, 3.05) is 12.8 Å². The van der Waals surface area contributed by atoms with Crippen molar-refractivity contribution < 1.29 is 18.3 Å². The van der Waals surface area contributed by atoms with E-state index in [0.29, 0.717) is 28.3 Å². The van der Waals surface area contributed by atoms with Gasteiger partial charge in [0.2, 0.25) is 5.91 Å². The summed E-state index contributed by atoms with van der Waals surface area (Å²) < 4.78 is 30.7. The molecule has 0 aliphatic rings. The minimum Gasteiger partial charge on any atom is -0.435 e. The lowest BCUT2D eigenvalue weighted by Gasteiger charge is -2.17. The molecule has 2 aromatic carbocycles. The van der Waals surface area contributed by atoms with Crippen LogP contribution in [0.15, 0.2) is 76.0 Å². The van der Waals surface area contributed by atoms with Crippen molar-refractivity contribution in [3.8, 4) is 11.4 Å². The summed E-state index contributed by atoms with van der Waals surface area (Å²) in [6.45, 7) is -2.44. The summed E-state index contributed by atoms with van der Waals surface area (Å²) in [4.78, 5) is 33.3. The minimum atomic E-state index is -2.94. The van der Waals surface area contributed by atoms with Gasteiger partial charge in [0.25, 0.3) is 5.56 Å². The van der Waals surface area contributed by atoms with E-state index in [1.165, 1.54) is 28.8 Å². The molecule has 33 heavy (non-hydrogen) atoms. The smallest absolute Gasteiger partial charge is 0.387 e. The van der Waals surface area contributed by atoms with E-state index in [-0.39, 0.29) is 23.0 Å². The van der Waals surface area contributed by atoms with Crippen LogP contribution in [0.3, 0.4) is 0 Å². The second kappa shape index (κ2) is 10.1. The maximum Gasteiger partial charge on any atom is 0.387 e. The SMILES string of the molecule is CN(Cc1cccs1)C(=O)CSc1nc2ccccc2c(=O)n1-c1ccc(OC(F)F)cc1.